The summed E-state index contributed by atoms with van der Waals surface area (Å²) in [7, 11) is 15.4. The number of aromatic nitrogens is 1. The van der Waals surface area contributed by atoms with Gasteiger partial charge in [0.25, 0.3) is 0 Å². The maximum absolute atomic E-state index is 4.89. The van der Waals surface area contributed by atoms with Gasteiger partial charge in [-0.05, 0) is 6.92 Å². The molecule has 0 amide bonds. The molecule has 4 nitrogen and oxygen atoms in total. The predicted molar refractivity (Wildman–Crippen MR) is 97.5 cm³/mol. The van der Waals surface area contributed by atoms with E-state index in [1.54, 1.807) is 28.2 Å². The first kappa shape index (κ1) is 26.3. The second kappa shape index (κ2) is 18.4. The van der Waals surface area contributed by atoms with Crippen LogP contribution >= 0.6 is 18.6 Å². The average Bonchev–Trinajstić information content (AvgIpc) is 2.29. The fourth-order valence-electron chi connectivity index (χ4n) is 0.925. The molecule has 0 bridgehead atoms. The van der Waals surface area contributed by atoms with Crippen molar-refractivity contribution in [1.82, 2.24) is 4.98 Å². The van der Waals surface area contributed by atoms with Crippen molar-refractivity contribution in [3.63, 3.8) is 0 Å². The van der Waals surface area contributed by atoms with Gasteiger partial charge in [-0.2, -0.15) is 28.2 Å². The van der Waals surface area contributed by atoms with Crippen molar-refractivity contribution < 1.29 is 17.0 Å². The molecule has 1 heterocycles. The molecule has 0 radical (unpaired) electrons. The molecule has 1 aromatic rings. The fourth-order valence-corrected chi connectivity index (χ4v) is 1.73. The van der Waals surface area contributed by atoms with Crippen LogP contribution in [0.25, 0.3) is 15.6 Å². The van der Waals surface area contributed by atoms with E-state index in [0.717, 1.165) is 5.82 Å². The van der Waals surface area contributed by atoms with Crippen LogP contribution in [-0.2, 0) is 17.0 Å². The van der Waals surface area contributed by atoms with Gasteiger partial charge in [0, 0.05) is 8.24 Å². The maximum atomic E-state index is 4.89. The zero-order valence-corrected chi connectivity index (χ0v) is 18.4. The summed E-state index contributed by atoms with van der Waals surface area (Å²) in [6, 6.07) is 4.02. The molecule has 1 aromatic heterocycles. The van der Waals surface area contributed by atoms with Crippen molar-refractivity contribution in [2.45, 2.75) is 26.6 Å². The Kier molecular flexibility index (Phi) is 23.1. The molecule has 0 aliphatic heterocycles. The molecule has 21 heavy (non-hydrogen) atoms. The van der Waals surface area contributed by atoms with E-state index in [-0.39, 0.29) is 0 Å². The van der Waals surface area contributed by atoms with Gasteiger partial charge in [0.2, 0.25) is 0 Å². The summed E-state index contributed by atoms with van der Waals surface area (Å²) >= 11 is -0.556. The van der Waals surface area contributed by atoms with Crippen LogP contribution in [0.15, 0.2) is 18.3 Å². The molecular weight excluding hydrogens is 359 g/mol. The van der Waals surface area contributed by atoms with Gasteiger partial charge in [-0.15, -0.1) is 0 Å². The third kappa shape index (κ3) is 29.1. The molecule has 0 aromatic carbocycles. The molecule has 0 saturated heterocycles. The van der Waals surface area contributed by atoms with Gasteiger partial charge in [0.15, 0.2) is 0 Å². The zero-order valence-electron chi connectivity index (χ0n) is 14.3. The Balaban J connectivity index is -0.000000300. The van der Waals surface area contributed by atoms with Gasteiger partial charge in [-0.3, -0.25) is 0 Å². The first-order valence-corrected chi connectivity index (χ1v) is 14.0. The van der Waals surface area contributed by atoms with E-state index >= 15 is 0 Å². The van der Waals surface area contributed by atoms with E-state index < -0.39 is 25.3 Å². The third-order valence-electron chi connectivity index (χ3n) is 1.35. The van der Waals surface area contributed by atoms with Gasteiger partial charge in [-0.25, -0.2) is 0 Å². The molecule has 8 heteroatoms. The number of pyridine rings is 1. The van der Waals surface area contributed by atoms with Crippen LogP contribution in [0, 0.1) is 6.92 Å². The molecule has 0 fully saturated rings. The SMILES string of the molecule is C[N-]C.C[N-]C.Cc1ccnc([N-][Si](C)(C)C)c1.[Cl][Ti][Cl]. The first-order chi connectivity index (χ1) is 9.71. The first-order valence-electron chi connectivity index (χ1n) is 6.30. The van der Waals surface area contributed by atoms with Crippen LogP contribution in [0.3, 0.4) is 0 Å². The van der Waals surface area contributed by atoms with Crippen LogP contribution in [-0.4, -0.2) is 41.4 Å². The van der Waals surface area contributed by atoms with E-state index in [0.29, 0.717) is 0 Å². The van der Waals surface area contributed by atoms with Crippen LogP contribution in [0.1, 0.15) is 5.56 Å². The summed E-state index contributed by atoms with van der Waals surface area (Å²) in [6.07, 6.45) is 1.81. The van der Waals surface area contributed by atoms with E-state index in [4.69, 9.17) is 18.6 Å². The number of rotatable bonds is 2. The second-order valence-corrected chi connectivity index (χ2v) is 12.1. The average molecular weight is 386 g/mol. The molecule has 0 atom stereocenters. The van der Waals surface area contributed by atoms with Gasteiger partial charge >= 0.3 is 35.6 Å². The Morgan fingerprint density at radius 2 is 1.43 bits per heavy atom. The molecular formula is C13H27Cl2N4SiTi-3. The Morgan fingerprint density at radius 1 is 1.05 bits per heavy atom. The molecule has 1 rings (SSSR count). The van der Waals surface area contributed by atoms with Gasteiger partial charge in [-0.1, -0.05) is 49.4 Å². The summed E-state index contributed by atoms with van der Waals surface area (Å²) in [5.41, 5.74) is 1.22. The van der Waals surface area contributed by atoms with E-state index in [9.17, 15) is 0 Å². The zero-order chi connectivity index (χ0) is 17.3. The third-order valence-corrected chi connectivity index (χ3v) is 2.25. The molecule has 124 valence electrons. The molecule has 0 N–H and O–H groups in total. The van der Waals surface area contributed by atoms with Crippen molar-refractivity contribution in [3.8, 4) is 0 Å². The Labute approximate surface area is 148 Å². The minimum atomic E-state index is -1.36. The number of hydrogen-bond donors (Lipinski definition) is 0. The van der Waals surface area contributed by atoms with Crippen molar-refractivity contribution in [2.75, 3.05) is 28.2 Å². The van der Waals surface area contributed by atoms with E-state index in [1.807, 2.05) is 18.3 Å². The van der Waals surface area contributed by atoms with Gasteiger partial charge in [0.1, 0.15) is 0 Å². The molecule has 0 saturated carbocycles. The fraction of sp³-hybridized carbons (Fsp3) is 0.615. The predicted octanol–water partition coefficient (Wildman–Crippen LogP) is 5.85. The Bertz CT molecular complexity index is 321. The van der Waals surface area contributed by atoms with Gasteiger partial charge < -0.3 is 20.6 Å². The summed E-state index contributed by atoms with van der Waals surface area (Å²) in [5.74, 6) is 0.883. The standard InChI is InChI=1S/C9H15N2Si.2C2H6N.2ClH.Ti/c1-8-5-6-10-9(7-8)11-12(2,3)4;2*1-3-2;;;/h5-7H,1-4H3;2*1-2H3;2*1H;/q3*-1;;;+2/p-2. The van der Waals surface area contributed by atoms with Crippen LogP contribution in [0.2, 0.25) is 19.6 Å². The quantitative estimate of drug-likeness (QED) is 0.589. The van der Waals surface area contributed by atoms with Crippen molar-refractivity contribution in [2.24, 2.45) is 0 Å². The van der Waals surface area contributed by atoms with Crippen LogP contribution in [0.4, 0.5) is 5.82 Å². The molecule has 0 aliphatic carbocycles. The van der Waals surface area contributed by atoms with Crippen LogP contribution in [0.5, 0.6) is 0 Å². The monoisotopic (exact) mass is 385 g/mol. The summed E-state index contributed by atoms with van der Waals surface area (Å²) in [5, 5.41) is 7.00. The van der Waals surface area contributed by atoms with Crippen molar-refractivity contribution in [3.05, 3.63) is 39.5 Å². The number of hydrogen-bond acceptors (Lipinski definition) is 1. The number of halogens is 2. The van der Waals surface area contributed by atoms with Crippen LogP contribution < -0.4 is 0 Å². The summed E-state index contributed by atoms with van der Waals surface area (Å²) in [6.45, 7) is 8.68. The Morgan fingerprint density at radius 3 is 1.71 bits per heavy atom. The minimum absolute atomic E-state index is 0.556. The second-order valence-electron chi connectivity index (χ2n) is 4.94. The topological polar surface area (TPSA) is 55.2 Å². The number of aryl methyl sites for hydroxylation is 1. The summed E-state index contributed by atoms with van der Waals surface area (Å²) in [4.78, 5) is 8.77. The normalized spacial score (nSPS) is 8.86. The molecule has 0 unspecified atom stereocenters. The Hall–Kier alpha value is 0.381. The molecule has 0 spiro atoms. The number of nitrogens with zero attached hydrogens (tertiary/aromatic N) is 4. The summed E-state index contributed by atoms with van der Waals surface area (Å²) < 4.78 is 0. The van der Waals surface area contributed by atoms with E-state index in [2.05, 4.69) is 47.2 Å². The van der Waals surface area contributed by atoms with E-state index in [1.165, 1.54) is 5.56 Å². The van der Waals surface area contributed by atoms with Crippen molar-refractivity contribution >= 4 is 32.7 Å². The van der Waals surface area contributed by atoms with Gasteiger partial charge in [0.05, 0.1) is 0 Å². The van der Waals surface area contributed by atoms with Crippen molar-refractivity contribution in [1.29, 1.82) is 0 Å². The molecule has 0 aliphatic rings.